The summed E-state index contributed by atoms with van der Waals surface area (Å²) in [5.41, 5.74) is 1.80. The van der Waals surface area contributed by atoms with Gasteiger partial charge in [-0.05, 0) is 24.5 Å². The number of nitrogens with zero attached hydrogens (tertiary/aromatic N) is 3. The second-order valence-corrected chi connectivity index (χ2v) is 6.24. The van der Waals surface area contributed by atoms with Crippen molar-refractivity contribution in [1.82, 2.24) is 14.7 Å². The quantitative estimate of drug-likeness (QED) is 0.724. The lowest BCUT2D eigenvalue weighted by Crippen LogP contribution is -2.41. The first kappa shape index (κ1) is 17.6. The molecule has 1 aromatic heterocycles. The number of carbonyl (C=O) groups excluding carboxylic acids is 1. The first-order chi connectivity index (χ1) is 12.2. The van der Waals surface area contributed by atoms with E-state index in [1.807, 2.05) is 23.1 Å². The molecule has 0 unspecified atom stereocenters. The molecule has 1 saturated heterocycles. The lowest BCUT2D eigenvalue weighted by molar-refractivity contribution is -0.0230. The van der Waals surface area contributed by atoms with Crippen LogP contribution in [-0.2, 0) is 23.1 Å². The van der Waals surface area contributed by atoms with Gasteiger partial charge in [-0.15, -0.1) is 0 Å². The molecular weight excluding hydrogens is 318 g/mol. The Morgan fingerprint density at radius 3 is 2.60 bits per heavy atom. The van der Waals surface area contributed by atoms with Gasteiger partial charge in [0.15, 0.2) is 0 Å². The van der Waals surface area contributed by atoms with Crippen LogP contribution in [0.2, 0.25) is 0 Å². The van der Waals surface area contributed by atoms with Crippen LogP contribution < -0.4 is 0 Å². The summed E-state index contributed by atoms with van der Waals surface area (Å²) < 4.78 is 13.1. The second-order valence-electron chi connectivity index (χ2n) is 6.24. The zero-order chi connectivity index (χ0) is 17.5. The summed E-state index contributed by atoms with van der Waals surface area (Å²) in [6, 6.07) is 11.9. The van der Waals surface area contributed by atoms with E-state index >= 15 is 0 Å². The zero-order valence-corrected chi connectivity index (χ0v) is 14.6. The van der Waals surface area contributed by atoms with Crippen LogP contribution in [0.1, 0.15) is 28.9 Å². The molecule has 134 valence electrons. The van der Waals surface area contributed by atoms with Gasteiger partial charge in [0.1, 0.15) is 5.69 Å². The number of piperidine rings is 1. The number of benzene rings is 1. The van der Waals surface area contributed by atoms with E-state index in [1.54, 1.807) is 24.0 Å². The fraction of sp³-hybridized carbons (Fsp3) is 0.474. The van der Waals surface area contributed by atoms with Crippen LogP contribution in [0.4, 0.5) is 0 Å². The molecule has 2 heterocycles. The Morgan fingerprint density at radius 2 is 1.92 bits per heavy atom. The number of hydrogen-bond acceptors (Lipinski definition) is 4. The average Bonchev–Trinajstić information content (AvgIpc) is 3.08. The Morgan fingerprint density at radius 1 is 1.16 bits per heavy atom. The van der Waals surface area contributed by atoms with E-state index in [-0.39, 0.29) is 12.0 Å². The van der Waals surface area contributed by atoms with E-state index in [9.17, 15) is 4.79 Å². The maximum atomic E-state index is 12.4. The predicted molar refractivity (Wildman–Crippen MR) is 94.2 cm³/mol. The fourth-order valence-corrected chi connectivity index (χ4v) is 3.01. The molecule has 6 nitrogen and oxygen atoms in total. The van der Waals surface area contributed by atoms with E-state index in [0.29, 0.717) is 25.5 Å². The maximum Gasteiger partial charge on any atom is 0.272 e. The van der Waals surface area contributed by atoms with Crippen molar-refractivity contribution < 1.29 is 14.3 Å². The third-order valence-electron chi connectivity index (χ3n) is 4.46. The van der Waals surface area contributed by atoms with E-state index in [4.69, 9.17) is 9.47 Å². The van der Waals surface area contributed by atoms with Crippen molar-refractivity contribution in [3.63, 3.8) is 0 Å². The van der Waals surface area contributed by atoms with Crippen LogP contribution in [-0.4, -0.2) is 53.0 Å². The fourth-order valence-electron chi connectivity index (χ4n) is 3.01. The number of likely N-dealkylation sites (tertiary alicyclic amines) is 1. The smallest absolute Gasteiger partial charge is 0.272 e. The van der Waals surface area contributed by atoms with Gasteiger partial charge in [0.05, 0.1) is 25.9 Å². The Hall–Kier alpha value is -2.18. The van der Waals surface area contributed by atoms with Crippen LogP contribution in [0.5, 0.6) is 0 Å². The van der Waals surface area contributed by atoms with Crippen LogP contribution >= 0.6 is 0 Å². The lowest BCUT2D eigenvalue weighted by Gasteiger charge is -2.31. The maximum absolute atomic E-state index is 12.4. The highest BCUT2D eigenvalue weighted by Gasteiger charge is 2.25. The minimum Gasteiger partial charge on any atom is -0.376 e. The molecule has 1 aromatic carbocycles. The Bertz CT molecular complexity index is 664. The van der Waals surface area contributed by atoms with Gasteiger partial charge in [-0.3, -0.25) is 9.48 Å². The number of carbonyl (C=O) groups is 1. The molecule has 1 fully saturated rings. The molecule has 0 atom stereocenters. The van der Waals surface area contributed by atoms with Gasteiger partial charge in [-0.2, -0.15) is 5.10 Å². The highest BCUT2D eigenvalue weighted by molar-refractivity contribution is 5.92. The zero-order valence-electron chi connectivity index (χ0n) is 14.6. The Kier molecular flexibility index (Phi) is 6.19. The Balaban J connectivity index is 1.31. The standard InChI is InChI=1S/C19H25N3O3/c1-21-18(7-10-20-21)19(23)22-11-8-17(9-12-22)25-14-13-24-15-16-5-3-2-4-6-16/h2-7,10,17H,8-9,11-15H2,1H3. The molecule has 0 spiro atoms. The third-order valence-corrected chi connectivity index (χ3v) is 4.46. The van der Waals surface area contributed by atoms with Gasteiger partial charge in [0.2, 0.25) is 0 Å². The van der Waals surface area contributed by atoms with E-state index in [0.717, 1.165) is 25.9 Å². The largest absolute Gasteiger partial charge is 0.376 e. The van der Waals surface area contributed by atoms with Crippen molar-refractivity contribution >= 4 is 5.91 Å². The number of aryl methyl sites for hydroxylation is 1. The van der Waals surface area contributed by atoms with Gasteiger partial charge in [0, 0.05) is 26.3 Å². The second kappa shape index (κ2) is 8.78. The SMILES string of the molecule is Cn1nccc1C(=O)N1CCC(OCCOCc2ccccc2)CC1. The summed E-state index contributed by atoms with van der Waals surface area (Å²) in [7, 11) is 1.79. The summed E-state index contributed by atoms with van der Waals surface area (Å²) in [5, 5.41) is 4.06. The molecule has 1 aliphatic rings. The number of amides is 1. The highest BCUT2D eigenvalue weighted by Crippen LogP contribution is 2.16. The van der Waals surface area contributed by atoms with Crippen molar-refractivity contribution in [1.29, 1.82) is 0 Å². The molecule has 1 aliphatic heterocycles. The summed E-state index contributed by atoms with van der Waals surface area (Å²) >= 11 is 0. The van der Waals surface area contributed by atoms with Crippen LogP contribution in [0.15, 0.2) is 42.6 Å². The molecule has 25 heavy (non-hydrogen) atoms. The predicted octanol–water partition coefficient (Wildman–Crippen LogP) is 2.26. The topological polar surface area (TPSA) is 56.6 Å². The minimum atomic E-state index is 0.0460. The first-order valence-electron chi connectivity index (χ1n) is 8.74. The summed E-state index contributed by atoms with van der Waals surface area (Å²) in [6.07, 6.45) is 3.58. The van der Waals surface area contributed by atoms with Crippen LogP contribution in [0, 0.1) is 0 Å². The van der Waals surface area contributed by atoms with Crippen LogP contribution in [0.3, 0.4) is 0 Å². The van der Waals surface area contributed by atoms with Crippen molar-refractivity contribution in [2.75, 3.05) is 26.3 Å². The summed E-state index contributed by atoms with van der Waals surface area (Å²) in [4.78, 5) is 14.3. The van der Waals surface area contributed by atoms with Crippen molar-refractivity contribution in [2.45, 2.75) is 25.6 Å². The number of hydrogen-bond donors (Lipinski definition) is 0. The molecule has 0 N–H and O–H groups in total. The van der Waals surface area contributed by atoms with E-state index in [1.165, 1.54) is 5.56 Å². The van der Waals surface area contributed by atoms with Crippen LogP contribution in [0.25, 0.3) is 0 Å². The summed E-state index contributed by atoms with van der Waals surface area (Å²) in [5.74, 6) is 0.0460. The van der Waals surface area contributed by atoms with Crippen molar-refractivity contribution in [3.05, 3.63) is 53.9 Å². The molecule has 3 rings (SSSR count). The molecule has 0 aliphatic carbocycles. The summed E-state index contributed by atoms with van der Waals surface area (Å²) in [6.45, 7) is 3.23. The highest BCUT2D eigenvalue weighted by atomic mass is 16.5. The number of rotatable bonds is 7. The molecule has 0 radical (unpaired) electrons. The molecular formula is C19H25N3O3. The molecule has 6 heteroatoms. The number of ether oxygens (including phenoxy) is 2. The Labute approximate surface area is 148 Å². The first-order valence-corrected chi connectivity index (χ1v) is 8.74. The lowest BCUT2D eigenvalue weighted by atomic mass is 10.1. The van der Waals surface area contributed by atoms with E-state index < -0.39 is 0 Å². The molecule has 1 amide bonds. The van der Waals surface area contributed by atoms with E-state index in [2.05, 4.69) is 17.2 Å². The average molecular weight is 343 g/mol. The third kappa shape index (κ3) is 4.90. The normalized spacial score (nSPS) is 15.5. The van der Waals surface area contributed by atoms with Crippen molar-refractivity contribution in [2.24, 2.45) is 7.05 Å². The molecule has 0 bridgehead atoms. The van der Waals surface area contributed by atoms with Crippen molar-refractivity contribution in [3.8, 4) is 0 Å². The van der Waals surface area contributed by atoms with Gasteiger partial charge < -0.3 is 14.4 Å². The minimum absolute atomic E-state index is 0.0460. The van der Waals surface area contributed by atoms with Gasteiger partial charge in [-0.1, -0.05) is 30.3 Å². The van der Waals surface area contributed by atoms with Gasteiger partial charge >= 0.3 is 0 Å². The monoisotopic (exact) mass is 343 g/mol. The number of aromatic nitrogens is 2. The molecule has 2 aromatic rings. The van der Waals surface area contributed by atoms with Gasteiger partial charge in [-0.25, -0.2) is 0 Å². The molecule has 0 saturated carbocycles. The van der Waals surface area contributed by atoms with Gasteiger partial charge in [0.25, 0.3) is 5.91 Å².